The van der Waals surface area contributed by atoms with Crippen LogP contribution in [0.3, 0.4) is 0 Å². The molecule has 1 atom stereocenters. The van der Waals surface area contributed by atoms with Gasteiger partial charge in [0.2, 0.25) is 5.91 Å². The number of carbonyl (C=O) groups is 3. The van der Waals surface area contributed by atoms with Gasteiger partial charge in [-0.25, -0.2) is 0 Å². The first kappa shape index (κ1) is 14.7. The van der Waals surface area contributed by atoms with Crippen LogP contribution in [0.5, 0.6) is 0 Å². The van der Waals surface area contributed by atoms with E-state index in [-0.39, 0.29) is 12.5 Å². The van der Waals surface area contributed by atoms with Crippen molar-refractivity contribution < 1.29 is 19.5 Å². The molecule has 0 bridgehead atoms. The molecule has 0 saturated carbocycles. The fraction of sp³-hybridized carbons (Fsp3) is 0.308. The summed E-state index contributed by atoms with van der Waals surface area (Å²) >= 11 is 0. The maximum absolute atomic E-state index is 11.7. The quantitative estimate of drug-likeness (QED) is 0.713. The van der Waals surface area contributed by atoms with Crippen LogP contribution in [-0.2, 0) is 9.59 Å². The summed E-state index contributed by atoms with van der Waals surface area (Å²) < 4.78 is 0. The molecule has 0 heterocycles. The van der Waals surface area contributed by atoms with E-state index in [1.807, 2.05) is 13.0 Å². The van der Waals surface area contributed by atoms with Crippen molar-refractivity contribution in [1.29, 1.82) is 0 Å². The normalized spacial score (nSPS) is 11.5. The number of benzene rings is 1. The van der Waals surface area contributed by atoms with Crippen LogP contribution in [0.15, 0.2) is 24.3 Å². The van der Waals surface area contributed by atoms with E-state index in [0.29, 0.717) is 5.56 Å². The van der Waals surface area contributed by atoms with Crippen LogP contribution in [0.1, 0.15) is 22.8 Å². The van der Waals surface area contributed by atoms with Gasteiger partial charge in [0.05, 0.1) is 6.54 Å². The maximum Gasteiger partial charge on any atom is 0.325 e. The molecular formula is C13H16N2O4. The van der Waals surface area contributed by atoms with Crippen molar-refractivity contribution in [1.82, 2.24) is 10.6 Å². The summed E-state index contributed by atoms with van der Waals surface area (Å²) in [6.07, 6.45) is 0. The summed E-state index contributed by atoms with van der Waals surface area (Å²) in [5.41, 5.74) is 1.40. The summed E-state index contributed by atoms with van der Waals surface area (Å²) in [6, 6.07) is 5.96. The number of aryl methyl sites for hydroxylation is 1. The first-order valence-corrected chi connectivity index (χ1v) is 5.77. The monoisotopic (exact) mass is 264 g/mol. The lowest BCUT2D eigenvalue weighted by Crippen LogP contribution is -2.44. The minimum Gasteiger partial charge on any atom is -0.480 e. The standard InChI is InChI=1S/C13H16N2O4/c1-8-4-3-5-10(6-8)12(17)14-7-11(16)15-9(2)13(18)19/h3-6,9H,7H2,1-2H3,(H,14,17)(H,15,16)(H,18,19)/t9-/m1/s1. The largest absolute Gasteiger partial charge is 0.480 e. The highest BCUT2D eigenvalue weighted by Crippen LogP contribution is 2.03. The zero-order valence-corrected chi connectivity index (χ0v) is 10.8. The van der Waals surface area contributed by atoms with Gasteiger partial charge >= 0.3 is 5.97 Å². The van der Waals surface area contributed by atoms with E-state index in [4.69, 9.17) is 5.11 Å². The van der Waals surface area contributed by atoms with Crippen molar-refractivity contribution >= 4 is 17.8 Å². The topological polar surface area (TPSA) is 95.5 Å². The predicted octanol–water partition coefficient (Wildman–Crippen LogP) is 0.314. The molecule has 6 heteroatoms. The second-order valence-corrected chi connectivity index (χ2v) is 4.18. The first-order chi connectivity index (χ1) is 8.90. The molecule has 0 fully saturated rings. The van der Waals surface area contributed by atoms with Crippen molar-refractivity contribution in [3.8, 4) is 0 Å². The molecule has 19 heavy (non-hydrogen) atoms. The molecule has 1 aromatic carbocycles. The van der Waals surface area contributed by atoms with E-state index in [2.05, 4.69) is 10.6 Å². The summed E-state index contributed by atoms with van der Waals surface area (Å²) in [4.78, 5) is 33.6. The summed E-state index contributed by atoms with van der Waals surface area (Å²) in [6.45, 7) is 2.95. The summed E-state index contributed by atoms with van der Waals surface area (Å²) in [5.74, 6) is -2.05. The Morgan fingerprint density at radius 2 is 2.00 bits per heavy atom. The van der Waals surface area contributed by atoms with Gasteiger partial charge in [0, 0.05) is 5.56 Å². The zero-order chi connectivity index (χ0) is 14.4. The van der Waals surface area contributed by atoms with E-state index in [1.54, 1.807) is 18.2 Å². The molecule has 0 aliphatic carbocycles. The Hall–Kier alpha value is -2.37. The van der Waals surface area contributed by atoms with Crippen LogP contribution in [0, 0.1) is 6.92 Å². The molecule has 0 aromatic heterocycles. The molecule has 0 aliphatic heterocycles. The predicted molar refractivity (Wildman–Crippen MR) is 68.8 cm³/mol. The second-order valence-electron chi connectivity index (χ2n) is 4.18. The van der Waals surface area contributed by atoms with Gasteiger partial charge in [0.25, 0.3) is 5.91 Å². The molecule has 2 amide bonds. The lowest BCUT2D eigenvalue weighted by molar-refractivity contribution is -0.141. The number of carboxylic acids is 1. The van der Waals surface area contributed by atoms with Crippen molar-refractivity contribution in [2.75, 3.05) is 6.54 Å². The Kier molecular flexibility index (Phi) is 5.05. The fourth-order valence-corrected chi connectivity index (χ4v) is 1.40. The third-order valence-corrected chi connectivity index (χ3v) is 2.44. The van der Waals surface area contributed by atoms with E-state index in [1.165, 1.54) is 6.92 Å². The summed E-state index contributed by atoms with van der Waals surface area (Å²) in [7, 11) is 0. The SMILES string of the molecule is Cc1cccc(C(=O)NCC(=O)N[C@H](C)C(=O)O)c1. The van der Waals surface area contributed by atoms with Crippen molar-refractivity contribution in [2.24, 2.45) is 0 Å². The average molecular weight is 264 g/mol. The van der Waals surface area contributed by atoms with Gasteiger partial charge in [-0.15, -0.1) is 0 Å². The number of rotatable bonds is 5. The number of hydrogen-bond acceptors (Lipinski definition) is 3. The van der Waals surface area contributed by atoms with Crippen LogP contribution in [0.2, 0.25) is 0 Å². The lowest BCUT2D eigenvalue weighted by Gasteiger charge is -2.10. The van der Waals surface area contributed by atoms with Gasteiger partial charge < -0.3 is 15.7 Å². The minimum atomic E-state index is -1.13. The molecule has 0 unspecified atom stereocenters. The van der Waals surface area contributed by atoms with Gasteiger partial charge in [0.15, 0.2) is 0 Å². The third kappa shape index (κ3) is 4.79. The number of carbonyl (C=O) groups excluding carboxylic acids is 2. The van der Waals surface area contributed by atoms with E-state index in [0.717, 1.165) is 5.56 Å². The molecule has 0 saturated heterocycles. The molecule has 1 rings (SSSR count). The van der Waals surface area contributed by atoms with E-state index >= 15 is 0 Å². The maximum atomic E-state index is 11.7. The molecule has 102 valence electrons. The van der Waals surface area contributed by atoms with Gasteiger partial charge in [0.1, 0.15) is 6.04 Å². The molecule has 6 nitrogen and oxygen atoms in total. The van der Waals surface area contributed by atoms with E-state index in [9.17, 15) is 14.4 Å². The van der Waals surface area contributed by atoms with Gasteiger partial charge in [-0.05, 0) is 26.0 Å². The Bertz CT molecular complexity index is 499. The van der Waals surface area contributed by atoms with Crippen molar-refractivity contribution in [3.05, 3.63) is 35.4 Å². The Morgan fingerprint density at radius 1 is 1.32 bits per heavy atom. The number of aliphatic carboxylic acids is 1. The molecule has 0 radical (unpaired) electrons. The number of nitrogens with one attached hydrogen (secondary N) is 2. The highest BCUT2D eigenvalue weighted by atomic mass is 16.4. The molecular weight excluding hydrogens is 248 g/mol. The second kappa shape index (κ2) is 6.53. The van der Waals surface area contributed by atoms with Crippen LogP contribution in [0.25, 0.3) is 0 Å². The van der Waals surface area contributed by atoms with Crippen molar-refractivity contribution in [3.63, 3.8) is 0 Å². The molecule has 0 aliphatic rings. The highest BCUT2D eigenvalue weighted by molar-refractivity contribution is 5.96. The minimum absolute atomic E-state index is 0.260. The molecule has 3 N–H and O–H groups in total. The number of hydrogen-bond donors (Lipinski definition) is 3. The van der Waals surface area contributed by atoms with E-state index < -0.39 is 17.9 Å². The molecule has 0 spiro atoms. The average Bonchev–Trinajstić information content (AvgIpc) is 2.35. The van der Waals surface area contributed by atoms with Crippen LogP contribution in [-0.4, -0.2) is 35.5 Å². The Balaban J connectivity index is 2.46. The first-order valence-electron chi connectivity index (χ1n) is 5.77. The highest BCUT2D eigenvalue weighted by Gasteiger charge is 2.14. The molecule has 1 aromatic rings. The number of carboxylic acid groups (broad SMARTS) is 1. The summed E-state index contributed by atoms with van der Waals surface area (Å²) in [5, 5.41) is 13.3. The Morgan fingerprint density at radius 3 is 2.58 bits per heavy atom. The van der Waals surface area contributed by atoms with Crippen LogP contribution in [0.4, 0.5) is 0 Å². The smallest absolute Gasteiger partial charge is 0.325 e. The van der Waals surface area contributed by atoms with Crippen LogP contribution >= 0.6 is 0 Å². The van der Waals surface area contributed by atoms with Crippen molar-refractivity contribution in [2.45, 2.75) is 19.9 Å². The van der Waals surface area contributed by atoms with Gasteiger partial charge in [-0.3, -0.25) is 14.4 Å². The van der Waals surface area contributed by atoms with Gasteiger partial charge in [-0.2, -0.15) is 0 Å². The van der Waals surface area contributed by atoms with Gasteiger partial charge in [-0.1, -0.05) is 17.7 Å². The van der Waals surface area contributed by atoms with Crippen LogP contribution < -0.4 is 10.6 Å². The lowest BCUT2D eigenvalue weighted by atomic mass is 10.1. The zero-order valence-electron chi connectivity index (χ0n) is 10.8. The fourth-order valence-electron chi connectivity index (χ4n) is 1.40. The third-order valence-electron chi connectivity index (χ3n) is 2.44. The number of amides is 2. The Labute approximate surface area is 110 Å².